The number of aromatic nitrogens is 3. The number of carbonyl (C=O) groups excluding carboxylic acids is 2. The summed E-state index contributed by atoms with van der Waals surface area (Å²) >= 11 is 5.89. The van der Waals surface area contributed by atoms with Crippen molar-refractivity contribution in [3.05, 3.63) is 94.5 Å². The van der Waals surface area contributed by atoms with Crippen LogP contribution in [-0.2, 0) is 11.2 Å². The summed E-state index contributed by atoms with van der Waals surface area (Å²) < 4.78 is 24.4. The standard InChI is InChI=1S/C18H18ClN5O2.C7H6F2/c1-24(7-5-14-4-2-3-6-20-14)16(25)11-22-18(26)15-9-12-8-13(19)10-21-17(12)23-15;1-5-2-3-6(8)4-7(5)9/h2-4,6,8-10H,5,7,11H2,1H3,(H,21,23)(H,22,26);2-4H,1H3. The average Bonchev–Trinajstić information content (AvgIpc) is 3.27. The second-order valence-corrected chi connectivity index (χ2v) is 8.17. The smallest absolute Gasteiger partial charge is 0.268 e. The van der Waals surface area contributed by atoms with Crippen molar-refractivity contribution in [3.63, 3.8) is 0 Å². The Balaban J connectivity index is 0.000000320. The van der Waals surface area contributed by atoms with Crippen LogP contribution in [0.4, 0.5) is 8.78 Å². The van der Waals surface area contributed by atoms with Gasteiger partial charge in [-0.2, -0.15) is 0 Å². The number of hydrogen-bond donors (Lipinski definition) is 2. The normalized spacial score (nSPS) is 10.4. The lowest BCUT2D eigenvalue weighted by molar-refractivity contribution is -0.128. The van der Waals surface area contributed by atoms with E-state index in [4.69, 9.17) is 11.6 Å². The van der Waals surface area contributed by atoms with Gasteiger partial charge in [-0.1, -0.05) is 23.7 Å². The van der Waals surface area contributed by atoms with Gasteiger partial charge >= 0.3 is 0 Å². The first-order valence-electron chi connectivity index (χ1n) is 10.7. The molecule has 35 heavy (non-hydrogen) atoms. The fraction of sp³-hybridized carbons (Fsp3) is 0.200. The van der Waals surface area contributed by atoms with Crippen molar-refractivity contribution in [2.24, 2.45) is 0 Å². The fourth-order valence-corrected chi connectivity index (χ4v) is 3.18. The van der Waals surface area contributed by atoms with Crippen molar-refractivity contribution in [3.8, 4) is 0 Å². The number of hydrogen-bond acceptors (Lipinski definition) is 4. The highest BCUT2D eigenvalue weighted by molar-refractivity contribution is 6.31. The van der Waals surface area contributed by atoms with Crippen LogP contribution < -0.4 is 5.32 Å². The van der Waals surface area contributed by atoms with E-state index in [1.54, 1.807) is 37.2 Å². The number of pyridine rings is 2. The van der Waals surface area contributed by atoms with Gasteiger partial charge in [0.05, 0.1) is 11.6 Å². The maximum absolute atomic E-state index is 12.3. The summed E-state index contributed by atoms with van der Waals surface area (Å²) in [5.41, 5.74) is 2.29. The van der Waals surface area contributed by atoms with Gasteiger partial charge in [0.2, 0.25) is 5.91 Å². The van der Waals surface area contributed by atoms with Gasteiger partial charge in [0.15, 0.2) is 0 Å². The molecule has 0 bridgehead atoms. The number of nitrogens with one attached hydrogen (secondary N) is 2. The van der Waals surface area contributed by atoms with Crippen LogP contribution in [0.15, 0.2) is 60.9 Å². The molecule has 0 aliphatic carbocycles. The van der Waals surface area contributed by atoms with E-state index in [0.29, 0.717) is 34.9 Å². The van der Waals surface area contributed by atoms with Crippen molar-refractivity contribution >= 4 is 34.4 Å². The molecular weight excluding hydrogens is 476 g/mol. The van der Waals surface area contributed by atoms with Gasteiger partial charge in [-0.15, -0.1) is 0 Å². The first-order valence-corrected chi connectivity index (χ1v) is 11.1. The Hall–Kier alpha value is -3.85. The molecule has 10 heteroatoms. The number of H-pyrrole nitrogens is 1. The van der Waals surface area contributed by atoms with Crippen LogP contribution in [0.5, 0.6) is 0 Å². The highest BCUT2D eigenvalue weighted by Gasteiger charge is 2.14. The summed E-state index contributed by atoms with van der Waals surface area (Å²) in [4.78, 5) is 37.2. The van der Waals surface area contributed by atoms with E-state index >= 15 is 0 Å². The first-order chi connectivity index (χ1) is 16.7. The molecule has 0 aliphatic rings. The average molecular weight is 500 g/mol. The summed E-state index contributed by atoms with van der Waals surface area (Å²) in [5.74, 6) is -1.56. The minimum Gasteiger partial charge on any atom is -0.344 e. The molecule has 3 aromatic heterocycles. The molecule has 4 aromatic rings. The van der Waals surface area contributed by atoms with Crippen molar-refractivity contribution in [2.45, 2.75) is 13.3 Å². The topological polar surface area (TPSA) is 91.0 Å². The van der Waals surface area contributed by atoms with E-state index in [1.165, 1.54) is 18.3 Å². The fourth-order valence-electron chi connectivity index (χ4n) is 3.02. The zero-order chi connectivity index (χ0) is 25.4. The summed E-state index contributed by atoms with van der Waals surface area (Å²) in [5, 5.41) is 3.85. The van der Waals surface area contributed by atoms with Gasteiger partial charge in [-0.25, -0.2) is 13.8 Å². The number of fused-ring (bicyclic) bond motifs is 1. The Morgan fingerprint density at radius 3 is 2.60 bits per heavy atom. The van der Waals surface area contributed by atoms with E-state index in [1.807, 2.05) is 18.2 Å². The molecule has 0 atom stereocenters. The third-order valence-corrected chi connectivity index (χ3v) is 5.28. The summed E-state index contributed by atoms with van der Waals surface area (Å²) in [6.07, 6.45) is 3.88. The molecule has 2 amide bonds. The number of rotatable bonds is 6. The van der Waals surface area contributed by atoms with Gasteiger partial charge in [-0.05, 0) is 42.8 Å². The summed E-state index contributed by atoms with van der Waals surface area (Å²) in [6.45, 7) is 2.04. The molecule has 7 nitrogen and oxygen atoms in total. The molecule has 0 radical (unpaired) electrons. The van der Waals surface area contributed by atoms with Crippen LogP contribution in [0.3, 0.4) is 0 Å². The lowest BCUT2D eigenvalue weighted by Crippen LogP contribution is -2.39. The lowest BCUT2D eigenvalue weighted by Gasteiger charge is -2.17. The number of likely N-dealkylation sites (N-methyl/N-ethyl adjacent to an activating group) is 1. The van der Waals surface area contributed by atoms with Gasteiger partial charge < -0.3 is 15.2 Å². The predicted molar refractivity (Wildman–Crippen MR) is 130 cm³/mol. The maximum Gasteiger partial charge on any atom is 0.268 e. The molecule has 0 saturated carbocycles. The van der Waals surface area contributed by atoms with E-state index in [-0.39, 0.29) is 18.4 Å². The molecule has 0 spiro atoms. The molecule has 4 rings (SSSR count). The van der Waals surface area contributed by atoms with Crippen LogP contribution in [0, 0.1) is 18.6 Å². The molecule has 2 N–H and O–H groups in total. The monoisotopic (exact) mass is 499 g/mol. The number of aryl methyl sites for hydroxylation is 1. The number of aromatic amines is 1. The van der Waals surface area contributed by atoms with Crippen LogP contribution in [-0.4, -0.2) is 51.8 Å². The first kappa shape index (κ1) is 25.8. The highest BCUT2D eigenvalue weighted by Crippen LogP contribution is 2.17. The zero-order valence-electron chi connectivity index (χ0n) is 19.2. The van der Waals surface area contributed by atoms with Crippen LogP contribution >= 0.6 is 11.6 Å². The van der Waals surface area contributed by atoms with E-state index in [9.17, 15) is 18.4 Å². The van der Waals surface area contributed by atoms with Crippen LogP contribution in [0.2, 0.25) is 5.02 Å². The Bertz CT molecular complexity index is 1310. The molecule has 182 valence electrons. The Labute approximate surface area is 206 Å². The van der Waals surface area contributed by atoms with E-state index in [2.05, 4.69) is 20.3 Å². The zero-order valence-corrected chi connectivity index (χ0v) is 19.9. The number of halogens is 3. The summed E-state index contributed by atoms with van der Waals surface area (Å²) in [7, 11) is 1.70. The molecule has 1 aromatic carbocycles. The van der Waals surface area contributed by atoms with Crippen molar-refractivity contribution < 1.29 is 18.4 Å². The van der Waals surface area contributed by atoms with E-state index in [0.717, 1.165) is 17.1 Å². The Morgan fingerprint density at radius 2 is 1.91 bits per heavy atom. The van der Waals surface area contributed by atoms with Crippen molar-refractivity contribution in [1.82, 2.24) is 25.2 Å². The highest BCUT2D eigenvalue weighted by atomic mass is 35.5. The van der Waals surface area contributed by atoms with Crippen LogP contribution in [0.1, 0.15) is 21.7 Å². The van der Waals surface area contributed by atoms with Crippen molar-refractivity contribution in [1.29, 1.82) is 0 Å². The molecule has 0 fully saturated rings. The quantitative estimate of drug-likeness (QED) is 0.413. The third kappa shape index (κ3) is 7.58. The SMILES string of the molecule is CN(CCc1ccccn1)C(=O)CNC(=O)c1cc2cc(Cl)cnc2[nH]1.Cc1ccc(F)cc1F. The van der Waals surface area contributed by atoms with Crippen LogP contribution in [0.25, 0.3) is 11.0 Å². The molecule has 0 unspecified atom stereocenters. The summed E-state index contributed by atoms with van der Waals surface area (Å²) in [6, 6.07) is 12.6. The minimum atomic E-state index is -0.530. The Morgan fingerprint density at radius 1 is 1.11 bits per heavy atom. The van der Waals surface area contributed by atoms with Gasteiger partial charge in [0.1, 0.15) is 23.0 Å². The van der Waals surface area contributed by atoms with Gasteiger partial charge in [0, 0.05) is 49.6 Å². The largest absolute Gasteiger partial charge is 0.344 e. The predicted octanol–water partition coefficient (Wildman–Crippen LogP) is 4.32. The molecule has 3 heterocycles. The number of nitrogens with zero attached hydrogens (tertiary/aromatic N) is 3. The minimum absolute atomic E-state index is 0.0822. The molecule has 0 aliphatic heterocycles. The Kier molecular flexibility index (Phi) is 8.86. The lowest BCUT2D eigenvalue weighted by atomic mass is 10.2. The number of amides is 2. The molecule has 0 saturated heterocycles. The van der Waals surface area contributed by atoms with Gasteiger partial charge in [-0.3, -0.25) is 14.6 Å². The van der Waals surface area contributed by atoms with Crippen molar-refractivity contribution in [2.75, 3.05) is 20.1 Å². The second kappa shape index (κ2) is 12.0. The number of benzene rings is 1. The van der Waals surface area contributed by atoms with E-state index < -0.39 is 11.6 Å². The maximum atomic E-state index is 12.3. The third-order valence-electron chi connectivity index (χ3n) is 5.07. The number of carbonyl (C=O) groups is 2. The second-order valence-electron chi connectivity index (χ2n) is 7.74. The molecular formula is C25H24ClF2N5O2. The van der Waals surface area contributed by atoms with Gasteiger partial charge in [0.25, 0.3) is 5.91 Å².